The van der Waals surface area contributed by atoms with Crippen LogP contribution in [-0.4, -0.2) is 23.0 Å². The van der Waals surface area contributed by atoms with Gasteiger partial charge < -0.3 is 0 Å². The van der Waals surface area contributed by atoms with Crippen LogP contribution < -0.4 is 0 Å². The molecule has 0 bridgehead atoms. The van der Waals surface area contributed by atoms with Crippen molar-refractivity contribution < 1.29 is 0 Å². The summed E-state index contributed by atoms with van der Waals surface area (Å²) in [4.78, 5) is 6.44. The van der Waals surface area contributed by atoms with Gasteiger partial charge in [0, 0.05) is 30.9 Å². The second-order valence-electron chi connectivity index (χ2n) is 4.91. The first-order valence-corrected chi connectivity index (χ1v) is 6.28. The zero-order valence-corrected chi connectivity index (χ0v) is 10.3. The van der Waals surface area contributed by atoms with E-state index < -0.39 is 0 Å². The van der Waals surface area contributed by atoms with Crippen molar-refractivity contribution in [1.29, 1.82) is 5.26 Å². The van der Waals surface area contributed by atoms with E-state index in [-0.39, 0.29) is 0 Å². The first-order valence-electron chi connectivity index (χ1n) is 6.28. The molecule has 0 amide bonds. The van der Waals surface area contributed by atoms with Gasteiger partial charge in [-0.3, -0.25) is 9.88 Å². The first kappa shape index (κ1) is 12.1. The highest BCUT2D eigenvalue weighted by Crippen LogP contribution is 2.27. The van der Waals surface area contributed by atoms with Crippen molar-refractivity contribution in [1.82, 2.24) is 9.88 Å². The molecule has 3 nitrogen and oxygen atoms in total. The molecule has 2 rings (SSSR count). The number of aromatic nitrogens is 1. The van der Waals surface area contributed by atoms with Gasteiger partial charge in [-0.15, -0.1) is 0 Å². The van der Waals surface area contributed by atoms with Crippen LogP contribution in [0.2, 0.25) is 0 Å². The van der Waals surface area contributed by atoms with Crippen LogP contribution in [0.5, 0.6) is 0 Å². The fourth-order valence-electron chi connectivity index (χ4n) is 2.55. The van der Waals surface area contributed by atoms with Gasteiger partial charge in [0.25, 0.3) is 0 Å². The van der Waals surface area contributed by atoms with Crippen LogP contribution in [0.1, 0.15) is 31.2 Å². The molecule has 1 aliphatic carbocycles. The molecular formula is C14H19N3. The monoisotopic (exact) mass is 229 g/mol. The average molecular weight is 229 g/mol. The fraction of sp³-hybridized carbons (Fsp3) is 0.571. The standard InChI is InChI=1S/C14H19N3/c1-17(11-13-6-8-16-9-7-13)14-4-2-12(10-15)3-5-14/h6-9,12,14H,2-5,11H2,1H3. The summed E-state index contributed by atoms with van der Waals surface area (Å²) < 4.78 is 0. The summed E-state index contributed by atoms with van der Waals surface area (Å²) in [5.74, 6) is 0.292. The summed E-state index contributed by atoms with van der Waals surface area (Å²) in [5.41, 5.74) is 1.31. The van der Waals surface area contributed by atoms with Gasteiger partial charge in [0.05, 0.1) is 6.07 Å². The van der Waals surface area contributed by atoms with E-state index in [2.05, 4.69) is 35.1 Å². The minimum Gasteiger partial charge on any atom is -0.299 e. The highest BCUT2D eigenvalue weighted by atomic mass is 15.1. The van der Waals surface area contributed by atoms with Crippen LogP contribution in [0, 0.1) is 17.2 Å². The Morgan fingerprint density at radius 3 is 2.53 bits per heavy atom. The van der Waals surface area contributed by atoms with Gasteiger partial charge >= 0.3 is 0 Å². The Morgan fingerprint density at radius 2 is 1.94 bits per heavy atom. The molecule has 0 aliphatic heterocycles. The third-order valence-electron chi connectivity index (χ3n) is 3.68. The Bertz CT molecular complexity index is 374. The molecule has 0 N–H and O–H groups in total. The summed E-state index contributed by atoms with van der Waals surface area (Å²) in [6.45, 7) is 0.977. The first-order chi connectivity index (χ1) is 8.29. The van der Waals surface area contributed by atoms with E-state index in [4.69, 9.17) is 5.26 Å². The molecule has 0 aromatic carbocycles. The highest BCUT2D eigenvalue weighted by molar-refractivity contribution is 5.09. The van der Waals surface area contributed by atoms with Crippen molar-refractivity contribution in [3.63, 3.8) is 0 Å². The lowest BCUT2D eigenvalue weighted by molar-refractivity contribution is 0.171. The second-order valence-corrected chi connectivity index (χ2v) is 4.91. The van der Waals surface area contributed by atoms with Crippen LogP contribution in [0.4, 0.5) is 0 Å². The predicted octanol–water partition coefficient (Wildman–Crippen LogP) is 2.60. The summed E-state index contributed by atoms with van der Waals surface area (Å²) in [6, 6.07) is 7.15. The van der Waals surface area contributed by atoms with Crippen molar-refractivity contribution in [2.75, 3.05) is 7.05 Å². The lowest BCUT2D eigenvalue weighted by Gasteiger charge is -2.32. The van der Waals surface area contributed by atoms with Gasteiger partial charge in [-0.05, 0) is 50.4 Å². The lowest BCUT2D eigenvalue weighted by atomic mass is 9.86. The molecule has 0 unspecified atom stereocenters. The van der Waals surface area contributed by atoms with Gasteiger partial charge in [0.15, 0.2) is 0 Å². The van der Waals surface area contributed by atoms with Crippen molar-refractivity contribution >= 4 is 0 Å². The van der Waals surface area contributed by atoms with Gasteiger partial charge in [-0.1, -0.05) is 0 Å². The minimum absolute atomic E-state index is 0.292. The maximum Gasteiger partial charge on any atom is 0.0655 e. The van der Waals surface area contributed by atoms with Crippen LogP contribution in [0.25, 0.3) is 0 Å². The molecule has 1 heterocycles. The maximum absolute atomic E-state index is 8.88. The molecule has 1 fully saturated rings. The number of rotatable bonds is 3. The zero-order chi connectivity index (χ0) is 12.1. The molecule has 0 radical (unpaired) electrons. The summed E-state index contributed by atoms with van der Waals surface area (Å²) in [5, 5.41) is 8.88. The molecule has 0 spiro atoms. The van der Waals surface area contributed by atoms with E-state index in [0.29, 0.717) is 12.0 Å². The number of hydrogen-bond acceptors (Lipinski definition) is 3. The van der Waals surface area contributed by atoms with E-state index in [1.165, 1.54) is 5.56 Å². The SMILES string of the molecule is CN(Cc1ccncc1)C1CCC(C#N)CC1. The van der Waals surface area contributed by atoms with Crippen LogP contribution >= 0.6 is 0 Å². The van der Waals surface area contributed by atoms with E-state index in [0.717, 1.165) is 32.2 Å². The molecule has 0 atom stereocenters. The number of nitriles is 1. The van der Waals surface area contributed by atoms with E-state index in [9.17, 15) is 0 Å². The quantitative estimate of drug-likeness (QED) is 0.799. The number of hydrogen-bond donors (Lipinski definition) is 0. The third-order valence-corrected chi connectivity index (χ3v) is 3.68. The Balaban J connectivity index is 1.85. The van der Waals surface area contributed by atoms with Crippen molar-refractivity contribution in [3.05, 3.63) is 30.1 Å². The Hall–Kier alpha value is -1.40. The summed E-state index contributed by atoms with van der Waals surface area (Å²) in [7, 11) is 2.18. The third kappa shape index (κ3) is 3.28. The Morgan fingerprint density at radius 1 is 1.29 bits per heavy atom. The van der Waals surface area contributed by atoms with Gasteiger partial charge in [0.1, 0.15) is 0 Å². The Labute approximate surface area is 103 Å². The molecule has 1 aromatic rings. The molecule has 3 heteroatoms. The highest BCUT2D eigenvalue weighted by Gasteiger charge is 2.23. The van der Waals surface area contributed by atoms with Gasteiger partial charge in [-0.25, -0.2) is 0 Å². The summed E-state index contributed by atoms with van der Waals surface area (Å²) >= 11 is 0. The molecule has 0 saturated heterocycles. The molecule has 1 saturated carbocycles. The van der Waals surface area contributed by atoms with Crippen LogP contribution in [0.15, 0.2) is 24.5 Å². The van der Waals surface area contributed by atoms with E-state index >= 15 is 0 Å². The largest absolute Gasteiger partial charge is 0.299 e. The molecule has 1 aliphatic rings. The number of nitrogens with zero attached hydrogens (tertiary/aromatic N) is 3. The van der Waals surface area contributed by atoms with E-state index in [1.807, 2.05) is 12.4 Å². The average Bonchev–Trinajstić information content (AvgIpc) is 2.40. The van der Waals surface area contributed by atoms with Crippen LogP contribution in [0.3, 0.4) is 0 Å². The van der Waals surface area contributed by atoms with Crippen molar-refractivity contribution in [3.8, 4) is 6.07 Å². The second kappa shape index (κ2) is 5.79. The minimum atomic E-state index is 0.292. The van der Waals surface area contributed by atoms with Gasteiger partial charge in [-0.2, -0.15) is 5.26 Å². The molecule has 90 valence electrons. The number of pyridine rings is 1. The Kier molecular flexibility index (Phi) is 4.11. The molecule has 17 heavy (non-hydrogen) atoms. The van der Waals surface area contributed by atoms with Crippen LogP contribution in [-0.2, 0) is 6.54 Å². The lowest BCUT2D eigenvalue weighted by Crippen LogP contribution is -2.34. The van der Waals surface area contributed by atoms with Crippen molar-refractivity contribution in [2.24, 2.45) is 5.92 Å². The maximum atomic E-state index is 8.88. The molecular weight excluding hydrogens is 210 g/mol. The summed E-state index contributed by atoms with van der Waals surface area (Å²) in [6.07, 6.45) is 8.11. The zero-order valence-electron chi connectivity index (χ0n) is 10.3. The topological polar surface area (TPSA) is 39.9 Å². The smallest absolute Gasteiger partial charge is 0.0655 e. The normalized spacial score (nSPS) is 24.5. The molecule has 1 aromatic heterocycles. The predicted molar refractivity (Wildman–Crippen MR) is 67.1 cm³/mol. The van der Waals surface area contributed by atoms with E-state index in [1.54, 1.807) is 0 Å². The fourth-order valence-corrected chi connectivity index (χ4v) is 2.55. The van der Waals surface area contributed by atoms with Gasteiger partial charge in [0.2, 0.25) is 0 Å². The van der Waals surface area contributed by atoms with Crippen molar-refractivity contribution in [2.45, 2.75) is 38.3 Å².